The first kappa shape index (κ1) is 10.1. The molecule has 0 bridgehead atoms. The van der Waals surface area contributed by atoms with E-state index in [4.69, 9.17) is 0 Å². The molecule has 0 saturated carbocycles. The van der Waals surface area contributed by atoms with Crippen molar-refractivity contribution in [3.8, 4) is 0 Å². The minimum atomic E-state index is 0.729. The van der Waals surface area contributed by atoms with Crippen LogP contribution in [0, 0.1) is 0 Å². The number of benzene rings is 1. The van der Waals surface area contributed by atoms with Gasteiger partial charge in [0.05, 0.1) is 0 Å². The van der Waals surface area contributed by atoms with Gasteiger partial charge >= 0.3 is 0 Å². The van der Waals surface area contributed by atoms with Gasteiger partial charge in [-0.2, -0.15) is 0 Å². The predicted octanol–water partition coefficient (Wildman–Crippen LogP) is 1.98. The highest BCUT2D eigenvalue weighted by molar-refractivity contribution is 5.74. The highest BCUT2D eigenvalue weighted by Crippen LogP contribution is 1.91. The number of nitrogens with zero attached hydrogens (tertiary/aromatic N) is 2. The Hall–Kier alpha value is -2.03. The SMILES string of the molecule is O=Cc1ccccc1.c1cncnc1. The van der Waals surface area contributed by atoms with E-state index in [0.717, 1.165) is 11.8 Å². The van der Waals surface area contributed by atoms with Crippen LogP contribution in [0.1, 0.15) is 10.4 Å². The summed E-state index contributed by atoms with van der Waals surface area (Å²) in [5.41, 5.74) is 0.729. The number of carbonyl (C=O) groups is 1. The predicted molar refractivity (Wildman–Crippen MR) is 53.9 cm³/mol. The number of hydrogen-bond donors (Lipinski definition) is 0. The van der Waals surface area contributed by atoms with E-state index in [2.05, 4.69) is 9.97 Å². The van der Waals surface area contributed by atoms with E-state index in [1.807, 2.05) is 18.2 Å². The monoisotopic (exact) mass is 186 g/mol. The van der Waals surface area contributed by atoms with Crippen LogP contribution < -0.4 is 0 Å². The Balaban J connectivity index is 0.000000146. The lowest BCUT2D eigenvalue weighted by Crippen LogP contribution is -1.73. The second kappa shape index (κ2) is 6.48. The van der Waals surface area contributed by atoms with Crippen LogP contribution in [0.4, 0.5) is 0 Å². The molecule has 3 nitrogen and oxygen atoms in total. The summed E-state index contributed by atoms with van der Waals surface area (Å²) < 4.78 is 0. The zero-order chi connectivity index (χ0) is 10.1. The lowest BCUT2D eigenvalue weighted by Gasteiger charge is -1.81. The molecule has 2 aromatic rings. The summed E-state index contributed by atoms with van der Waals surface area (Å²) >= 11 is 0. The summed E-state index contributed by atoms with van der Waals surface area (Å²) in [6.07, 6.45) is 5.71. The van der Waals surface area contributed by atoms with Crippen LogP contribution in [0.3, 0.4) is 0 Å². The molecule has 0 aliphatic carbocycles. The molecule has 0 saturated heterocycles. The van der Waals surface area contributed by atoms with Gasteiger partial charge in [-0.15, -0.1) is 0 Å². The van der Waals surface area contributed by atoms with E-state index in [0.29, 0.717) is 0 Å². The van der Waals surface area contributed by atoms with Gasteiger partial charge in [-0.1, -0.05) is 30.3 Å². The molecule has 70 valence electrons. The number of carbonyl (C=O) groups excluding carboxylic acids is 1. The first-order chi connectivity index (χ1) is 6.93. The van der Waals surface area contributed by atoms with Crippen molar-refractivity contribution in [1.29, 1.82) is 0 Å². The van der Waals surface area contributed by atoms with Gasteiger partial charge in [0.2, 0.25) is 0 Å². The summed E-state index contributed by atoms with van der Waals surface area (Å²) in [7, 11) is 0. The third kappa shape index (κ3) is 4.11. The minimum absolute atomic E-state index is 0.729. The van der Waals surface area contributed by atoms with Gasteiger partial charge in [0, 0.05) is 18.0 Å². The summed E-state index contributed by atoms with van der Waals surface area (Å²) in [6.45, 7) is 0. The molecule has 0 amide bonds. The number of hydrogen-bond acceptors (Lipinski definition) is 3. The fourth-order valence-corrected chi connectivity index (χ4v) is 0.785. The summed E-state index contributed by atoms with van der Waals surface area (Å²) in [6, 6.07) is 10.9. The first-order valence-corrected chi connectivity index (χ1v) is 4.13. The first-order valence-electron chi connectivity index (χ1n) is 4.13. The van der Waals surface area contributed by atoms with E-state index >= 15 is 0 Å². The Morgan fingerprint density at radius 1 is 0.929 bits per heavy atom. The second-order valence-corrected chi connectivity index (χ2v) is 2.43. The molecule has 14 heavy (non-hydrogen) atoms. The van der Waals surface area contributed by atoms with Crippen LogP contribution in [0.2, 0.25) is 0 Å². The van der Waals surface area contributed by atoms with E-state index in [1.165, 1.54) is 6.33 Å². The quantitative estimate of drug-likeness (QED) is 0.639. The standard InChI is InChI=1S/C7H6O.C4H4N2/c8-6-7-4-2-1-3-5-7;1-2-5-4-6-3-1/h1-6H;1-4H. The van der Waals surface area contributed by atoms with Crippen molar-refractivity contribution in [3.63, 3.8) is 0 Å². The third-order valence-electron chi connectivity index (χ3n) is 1.41. The van der Waals surface area contributed by atoms with E-state index in [9.17, 15) is 4.79 Å². The Morgan fingerprint density at radius 2 is 1.57 bits per heavy atom. The van der Waals surface area contributed by atoms with Crippen molar-refractivity contribution in [2.75, 3.05) is 0 Å². The van der Waals surface area contributed by atoms with E-state index in [-0.39, 0.29) is 0 Å². The van der Waals surface area contributed by atoms with Gasteiger partial charge in [0.1, 0.15) is 12.6 Å². The maximum atomic E-state index is 10.0. The van der Waals surface area contributed by atoms with E-state index in [1.54, 1.807) is 30.6 Å². The average molecular weight is 186 g/mol. The van der Waals surface area contributed by atoms with Gasteiger partial charge in [-0.3, -0.25) is 4.79 Å². The lowest BCUT2D eigenvalue weighted by molar-refractivity contribution is 0.112. The molecule has 0 fully saturated rings. The maximum Gasteiger partial charge on any atom is 0.150 e. The van der Waals surface area contributed by atoms with Crippen molar-refractivity contribution in [1.82, 2.24) is 9.97 Å². The van der Waals surface area contributed by atoms with Gasteiger partial charge in [-0.05, 0) is 6.07 Å². The van der Waals surface area contributed by atoms with Crippen LogP contribution in [0.15, 0.2) is 55.1 Å². The van der Waals surface area contributed by atoms with Crippen molar-refractivity contribution >= 4 is 6.29 Å². The van der Waals surface area contributed by atoms with Crippen LogP contribution in [0.5, 0.6) is 0 Å². The van der Waals surface area contributed by atoms with Crippen LogP contribution in [-0.2, 0) is 0 Å². The molecular formula is C11H10N2O. The van der Waals surface area contributed by atoms with Crippen LogP contribution in [-0.4, -0.2) is 16.3 Å². The van der Waals surface area contributed by atoms with Gasteiger partial charge < -0.3 is 0 Å². The second-order valence-electron chi connectivity index (χ2n) is 2.43. The molecule has 0 aliphatic heterocycles. The Bertz CT molecular complexity index is 321. The normalized spacial score (nSPS) is 8.29. The molecule has 2 rings (SSSR count). The lowest BCUT2D eigenvalue weighted by atomic mass is 10.2. The Labute approximate surface area is 82.5 Å². The van der Waals surface area contributed by atoms with Gasteiger partial charge in [-0.25, -0.2) is 9.97 Å². The van der Waals surface area contributed by atoms with Crippen LogP contribution >= 0.6 is 0 Å². The maximum absolute atomic E-state index is 10.0. The van der Waals surface area contributed by atoms with Crippen molar-refractivity contribution in [2.24, 2.45) is 0 Å². The number of rotatable bonds is 1. The number of aldehydes is 1. The van der Waals surface area contributed by atoms with Crippen LogP contribution in [0.25, 0.3) is 0 Å². The molecule has 1 aromatic heterocycles. The average Bonchev–Trinajstić information content (AvgIpc) is 2.33. The molecule has 3 heteroatoms. The largest absolute Gasteiger partial charge is 0.298 e. The smallest absolute Gasteiger partial charge is 0.150 e. The van der Waals surface area contributed by atoms with Crippen molar-refractivity contribution in [3.05, 3.63) is 60.7 Å². The summed E-state index contributed by atoms with van der Waals surface area (Å²) in [5.74, 6) is 0. The molecule has 0 radical (unpaired) electrons. The Morgan fingerprint density at radius 3 is 1.86 bits per heavy atom. The number of aromatic nitrogens is 2. The highest BCUT2D eigenvalue weighted by atomic mass is 16.1. The van der Waals surface area contributed by atoms with E-state index < -0.39 is 0 Å². The molecule has 1 heterocycles. The molecule has 0 atom stereocenters. The fraction of sp³-hybridized carbons (Fsp3) is 0. The molecule has 0 unspecified atom stereocenters. The zero-order valence-electron chi connectivity index (χ0n) is 7.58. The zero-order valence-corrected chi connectivity index (χ0v) is 7.58. The molecule has 0 aliphatic rings. The molecule has 1 aromatic carbocycles. The third-order valence-corrected chi connectivity index (χ3v) is 1.41. The highest BCUT2D eigenvalue weighted by Gasteiger charge is 1.79. The van der Waals surface area contributed by atoms with Crippen molar-refractivity contribution in [2.45, 2.75) is 0 Å². The summed E-state index contributed by atoms with van der Waals surface area (Å²) in [4.78, 5) is 17.4. The van der Waals surface area contributed by atoms with Gasteiger partial charge in [0.25, 0.3) is 0 Å². The molecule has 0 N–H and O–H groups in total. The minimum Gasteiger partial charge on any atom is -0.298 e. The van der Waals surface area contributed by atoms with Gasteiger partial charge in [0.15, 0.2) is 0 Å². The fourth-order valence-electron chi connectivity index (χ4n) is 0.785. The Kier molecular flexibility index (Phi) is 4.65. The topological polar surface area (TPSA) is 42.9 Å². The van der Waals surface area contributed by atoms with Crippen molar-refractivity contribution < 1.29 is 4.79 Å². The molecule has 0 spiro atoms. The summed E-state index contributed by atoms with van der Waals surface area (Å²) in [5, 5.41) is 0. The molecular weight excluding hydrogens is 176 g/mol.